The summed E-state index contributed by atoms with van der Waals surface area (Å²) in [5, 5.41) is 9.74. The lowest BCUT2D eigenvalue weighted by molar-refractivity contribution is -0.129. The predicted octanol–water partition coefficient (Wildman–Crippen LogP) is 2.34. The minimum atomic E-state index is -3.94. The fourth-order valence-corrected chi connectivity index (χ4v) is 5.59. The van der Waals surface area contributed by atoms with E-state index in [1.165, 1.54) is 17.3 Å². The highest BCUT2D eigenvalue weighted by Gasteiger charge is 2.38. The van der Waals surface area contributed by atoms with Crippen LogP contribution in [0.1, 0.15) is 31.9 Å². The number of aliphatic hydroxyl groups is 1. The Labute approximate surface area is 207 Å². The lowest BCUT2D eigenvalue weighted by Crippen LogP contribution is -2.50. The minimum absolute atomic E-state index is 0.00658. The molecule has 1 heterocycles. The van der Waals surface area contributed by atoms with Crippen molar-refractivity contribution in [2.75, 3.05) is 33.9 Å². The number of sulfonamides is 1. The van der Waals surface area contributed by atoms with Crippen LogP contribution in [-0.4, -0.2) is 74.6 Å². The Bertz CT molecular complexity index is 1230. The Morgan fingerprint density at radius 2 is 1.94 bits per heavy atom. The van der Waals surface area contributed by atoms with Crippen molar-refractivity contribution in [3.05, 3.63) is 53.6 Å². The van der Waals surface area contributed by atoms with E-state index in [1.54, 1.807) is 38.1 Å². The van der Waals surface area contributed by atoms with Gasteiger partial charge in [-0.1, -0.05) is 24.8 Å². The van der Waals surface area contributed by atoms with E-state index in [-0.39, 0.29) is 42.2 Å². The molecule has 3 rings (SSSR count). The molecule has 8 nitrogen and oxygen atoms in total. The van der Waals surface area contributed by atoms with E-state index in [4.69, 9.17) is 9.47 Å². The number of benzene rings is 2. The Morgan fingerprint density at radius 3 is 2.57 bits per heavy atom. The summed E-state index contributed by atoms with van der Waals surface area (Å²) >= 11 is 0. The van der Waals surface area contributed by atoms with Gasteiger partial charge in [0.25, 0.3) is 0 Å². The van der Waals surface area contributed by atoms with Crippen molar-refractivity contribution in [3.8, 4) is 23.3 Å². The summed E-state index contributed by atoms with van der Waals surface area (Å²) in [4.78, 5) is 13.4. The number of ether oxygens (including phenoxy) is 2. The molecular formula is C26H32N2O6S. The Morgan fingerprint density at radius 1 is 1.26 bits per heavy atom. The molecule has 1 N–H and O–H groups in total. The first-order chi connectivity index (χ1) is 16.6. The highest BCUT2D eigenvalue weighted by molar-refractivity contribution is 7.89. The maximum absolute atomic E-state index is 13.5. The van der Waals surface area contributed by atoms with Crippen molar-refractivity contribution in [3.63, 3.8) is 0 Å². The van der Waals surface area contributed by atoms with Crippen molar-refractivity contribution in [2.45, 2.75) is 37.8 Å². The number of likely N-dealkylation sites (N-methyl/N-ethyl adjacent to an activating group) is 1. The molecule has 0 bridgehead atoms. The monoisotopic (exact) mass is 500 g/mol. The second-order valence-electron chi connectivity index (χ2n) is 8.78. The number of fused-ring (bicyclic) bond motifs is 1. The van der Waals surface area contributed by atoms with Crippen LogP contribution in [0.25, 0.3) is 0 Å². The molecule has 0 saturated heterocycles. The fraction of sp³-hybridized carbons (Fsp3) is 0.423. The van der Waals surface area contributed by atoms with E-state index >= 15 is 0 Å². The van der Waals surface area contributed by atoms with Crippen molar-refractivity contribution in [1.82, 2.24) is 9.21 Å². The summed E-state index contributed by atoms with van der Waals surface area (Å²) in [6.45, 7) is 5.14. The standard InChI is InChI=1S/C26H32N2O6S/c1-18-15-28(19(2)17-29)35(31,32)26-12-11-22(10-9-21-7-6-8-23(13-21)33-5)14-24(26)34-25(18)16-27(4)20(3)30/h6-8,11-14,18-19,25,29H,15-17H2,1-5H3/t18-,19+,25-/m0/s1. The molecule has 9 heteroatoms. The zero-order valence-electron chi connectivity index (χ0n) is 20.7. The largest absolute Gasteiger partial charge is 0.497 e. The summed E-state index contributed by atoms with van der Waals surface area (Å²) in [5.74, 6) is 6.62. The first-order valence-electron chi connectivity index (χ1n) is 11.4. The lowest BCUT2D eigenvalue weighted by atomic mass is 10.0. The summed E-state index contributed by atoms with van der Waals surface area (Å²) < 4.78 is 39.9. The molecule has 0 radical (unpaired) electrons. The van der Waals surface area contributed by atoms with Crippen LogP contribution in [0.3, 0.4) is 0 Å². The Balaban J connectivity index is 2.07. The smallest absolute Gasteiger partial charge is 0.247 e. The summed E-state index contributed by atoms with van der Waals surface area (Å²) in [6, 6.07) is 11.4. The number of rotatable bonds is 5. The maximum atomic E-state index is 13.5. The third-order valence-corrected chi connectivity index (χ3v) is 8.10. The zero-order valence-corrected chi connectivity index (χ0v) is 21.5. The third-order valence-electron chi connectivity index (χ3n) is 6.08. The summed E-state index contributed by atoms with van der Waals surface area (Å²) in [6.07, 6.45) is -0.465. The van der Waals surface area contributed by atoms with E-state index in [9.17, 15) is 18.3 Å². The maximum Gasteiger partial charge on any atom is 0.247 e. The number of hydrogen-bond donors (Lipinski definition) is 1. The molecule has 2 aromatic rings. The van der Waals surface area contributed by atoms with Gasteiger partial charge in [-0.3, -0.25) is 4.79 Å². The van der Waals surface area contributed by atoms with Crippen molar-refractivity contribution in [1.29, 1.82) is 0 Å². The quantitative estimate of drug-likeness (QED) is 0.633. The molecule has 0 fully saturated rings. The molecule has 188 valence electrons. The second kappa shape index (κ2) is 11.1. The summed E-state index contributed by atoms with van der Waals surface area (Å²) in [7, 11) is -0.681. The lowest BCUT2D eigenvalue weighted by Gasteiger charge is -2.37. The minimum Gasteiger partial charge on any atom is -0.497 e. The van der Waals surface area contributed by atoms with Crippen LogP contribution in [0.2, 0.25) is 0 Å². The molecule has 2 aromatic carbocycles. The van der Waals surface area contributed by atoms with Gasteiger partial charge in [0, 0.05) is 43.6 Å². The second-order valence-corrected chi connectivity index (χ2v) is 10.6. The number of amides is 1. The molecule has 0 aliphatic carbocycles. The highest BCUT2D eigenvalue weighted by Crippen LogP contribution is 2.34. The molecule has 0 saturated carbocycles. The van der Waals surface area contributed by atoms with Crippen LogP contribution >= 0.6 is 0 Å². The van der Waals surface area contributed by atoms with Gasteiger partial charge in [-0.15, -0.1) is 0 Å². The van der Waals surface area contributed by atoms with Crippen molar-refractivity contribution < 1.29 is 27.8 Å². The number of carbonyl (C=O) groups is 1. The van der Waals surface area contributed by atoms with Crippen molar-refractivity contribution in [2.24, 2.45) is 5.92 Å². The number of aliphatic hydroxyl groups excluding tert-OH is 1. The van der Waals surface area contributed by atoms with E-state index in [1.807, 2.05) is 31.2 Å². The van der Waals surface area contributed by atoms with Gasteiger partial charge in [0.2, 0.25) is 15.9 Å². The van der Waals surface area contributed by atoms with E-state index in [0.717, 1.165) is 5.56 Å². The average Bonchev–Trinajstić information content (AvgIpc) is 2.84. The Kier molecular flexibility index (Phi) is 8.43. The molecule has 3 atom stereocenters. The summed E-state index contributed by atoms with van der Waals surface area (Å²) in [5.41, 5.74) is 1.33. The van der Waals surface area contributed by atoms with Crippen LogP contribution in [-0.2, 0) is 14.8 Å². The highest BCUT2D eigenvalue weighted by atomic mass is 32.2. The SMILES string of the molecule is COc1cccc(C#Cc2ccc3c(c2)O[C@@H](CN(C)C(C)=O)[C@@H](C)CN([C@H](C)CO)S3(=O)=O)c1. The van der Waals surface area contributed by atoms with Gasteiger partial charge in [0.15, 0.2) is 0 Å². The van der Waals surface area contributed by atoms with E-state index in [0.29, 0.717) is 11.3 Å². The van der Waals surface area contributed by atoms with Crippen LogP contribution in [0, 0.1) is 17.8 Å². The number of methoxy groups -OCH3 is 1. The van der Waals surface area contributed by atoms with E-state index < -0.39 is 22.2 Å². The molecule has 0 aromatic heterocycles. The van der Waals surface area contributed by atoms with Gasteiger partial charge in [0.05, 0.1) is 20.3 Å². The van der Waals surface area contributed by atoms with Crippen LogP contribution in [0.15, 0.2) is 47.4 Å². The van der Waals surface area contributed by atoms with Gasteiger partial charge in [-0.05, 0) is 43.3 Å². The van der Waals surface area contributed by atoms with Gasteiger partial charge >= 0.3 is 0 Å². The number of carbonyl (C=O) groups excluding carboxylic acids is 1. The van der Waals surface area contributed by atoms with Gasteiger partial charge in [0.1, 0.15) is 22.5 Å². The molecule has 0 unspecified atom stereocenters. The van der Waals surface area contributed by atoms with Gasteiger partial charge in [-0.2, -0.15) is 4.31 Å². The zero-order chi connectivity index (χ0) is 25.8. The van der Waals surface area contributed by atoms with E-state index in [2.05, 4.69) is 11.8 Å². The van der Waals surface area contributed by atoms with Crippen molar-refractivity contribution >= 4 is 15.9 Å². The van der Waals surface area contributed by atoms with Crippen LogP contribution < -0.4 is 9.47 Å². The van der Waals surface area contributed by atoms with Crippen LogP contribution in [0.4, 0.5) is 0 Å². The molecule has 1 amide bonds. The molecule has 35 heavy (non-hydrogen) atoms. The fourth-order valence-electron chi connectivity index (χ4n) is 3.76. The molecule has 1 aliphatic heterocycles. The Hall–Kier alpha value is -3.06. The first-order valence-corrected chi connectivity index (χ1v) is 12.8. The topological polar surface area (TPSA) is 96.4 Å². The third kappa shape index (κ3) is 6.14. The number of hydrogen-bond acceptors (Lipinski definition) is 6. The molecule has 0 spiro atoms. The van der Waals surface area contributed by atoms with Gasteiger partial charge in [-0.25, -0.2) is 8.42 Å². The average molecular weight is 501 g/mol. The molecule has 1 aliphatic rings. The van der Waals surface area contributed by atoms with Gasteiger partial charge < -0.3 is 19.5 Å². The first kappa shape index (κ1) is 26.5. The predicted molar refractivity (Wildman–Crippen MR) is 133 cm³/mol. The normalized spacial score (nSPS) is 20.2. The molecular weight excluding hydrogens is 468 g/mol. The number of nitrogens with zero attached hydrogens (tertiary/aromatic N) is 2. The van der Waals surface area contributed by atoms with Crippen LogP contribution in [0.5, 0.6) is 11.5 Å².